The monoisotopic (exact) mass is 772 g/mol. The summed E-state index contributed by atoms with van der Waals surface area (Å²) in [5.74, 6) is 1.54. The molecule has 6 nitrogen and oxygen atoms in total. The van der Waals surface area contributed by atoms with E-state index < -0.39 is 10.8 Å². The molecule has 286 valence electrons. The van der Waals surface area contributed by atoms with Crippen molar-refractivity contribution in [2.75, 3.05) is 0 Å². The molecule has 55 heavy (non-hydrogen) atoms. The highest BCUT2D eigenvalue weighted by molar-refractivity contribution is 7.23. The van der Waals surface area contributed by atoms with Crippen molar-refractivity contribution < 1.29 is 19.2 Å². The Balaban J connectivity index is 0.915. The van der Waals surface area contributed by atoms with E-state index in [1.807, 2.05) is 22.7 Å². The van der Waals surface area contributed by atoms with Gasteiger partial charge in [-0.25, -0.2) is 9.98 Å². The minimum atomic E-state index is -0.467. The highest BCUT2D eigenvalue weighted by atomic mass is 32.1. The molecule has 0 bridgehead atoms. The van der Waals surface area contributed by atoms with E-state index in [1.165, 1.54) is 93.1 Å². The lowest BCUT2D eigenvalue weighted by molar-refractivity contribution is -0.123. The second kappa shape index (κ2) is 11.5. The average Bonchev–Trinajstić information content (AvgIpc) is 3.97. The Labute approximate surface area is 332 Å². The Hall–Kier alpha value is -3.10. The van der Waals surface area contributed by atoms with Crippen molar-refractivity contribution in [3.63, 3.8) is 0 Å². The molecule has 0 N–H and O–H groups in total. The molecule has 0 amide bonds. The molecule has 0 spiro atoms. The number of allylic oxidation sites excluding steroid dienone is 2. The van der Waals surface area contributed by atoms with Crippen LogP contribution in [-0.4, -0.2) is 34.6 Å². The Morgan fingerprint density at radius 1 is 0.473 bits per heavy atom. The Bertz CT molecular complexity index is 2080. The first-order valence-corrected chi connectivity index (χ1v) is 23.0. The van der Waals surface area contributed by atoms with E-state index >= 15 is 0 Å². The minimum absolute atomic E-state index is 0.0128. The summed E-state index contributed by atoms with van der Waals surface area (Å²) in [6.45, 7) is 13.5. The summed E-state index contributed by atoms with van der Waals surface area (Å²) in [5.41, 5.74) is 6.01. The lowest BCUT2D eigenvalue weighted by Gasteiger charge is -2.39. The van der Waals surface area contributed by atoms with E-state index in [-0.39, 0.29) is 63.6 Å². The molecule has 0 aromatic carbocycles. The number of ketones is 4. The topological polar surface area (TPSA) is 93.0 Å². The van der Waals surface area contributed by atoms with Crippen molar-refractivity contribution in [2.24, 2.45) is 57.3 Å². The fourth-order valence-electron chi connectivity index (χ4n) is 13.5. The SMILES string of the molecule is CC1(C)C(N=C2C(=O)C3CC4CCCCC4CC3C2=O)=Cc2sc3c(c21)C(C)(C)c1c-3sc2c1C(C)(C)C(N=C1C(=O)C3CC4CCCCC4CC3C1=O)=C2. The van der Waals surface area contributed by atoms with E-state index in [2.05, 4.69) is 53.7 Å². The molecule has 2 aromatic heterocycles. The number of thiophene rings is 2. The summed E-state index contributed by atoms with van der Waals surface area (Å²) in [7, 11) is 0. The van der Waals surface area contributed by atoms with Crippen molar-refractivity contribution >= 4 is 69.4 Å². The maximum atomic E-state index is 13.9. The second-order valence-electron chi connectivity index (χ2n) is 20.4. The summed E-state index contributed by atoms with van der Waals surface area (Å²) in [4.78, 5) is 70.6. The van der Waals surface area contributed by atoms with Gasteiger partial charge in [-0.3, -0.25) is 19.2 Å². The maximum absolute atomic E-state index is 13.9. The molecule has 2 heterocycles. The van der Waals surface area contributed by atoms with Gasteiger partial charge in [0.2, 0.25) is 0 Å². The highest BCUT2D eigenvalue weighted by Gasteiger charge is 2.56. The first kappa shape index (κ1) is 35.1. The Kier molecular flexibility index (Phi) is 7.35. The summed E-state index contributed by atoms with van der Waals surface area (Å²) < 4.78 is 0. The third kappa shape index (κ3) is 4.59. The molecule has 8 unspecified atom stereocenters. The van der Waals surface area contributed by atoms with Crippen molar-refractivity contribution in [2.45, 2.75) is 135 Å². The van der Waals surface area contributed by atoms with E-state index in [0.717, 1.165) is 37.1 Å². The molecule has 0 aliphatic heterocycles. The van der Waals surface area contributed by atoms with E-state index in [1.54, 1.807) is 0 Å². The normalized spacial score (nSPS) is 35.7. The minimum Gasteiger partial charge on any atom is -0.292 e. The zero-order valence-electron chi connectivity index (χ0n) is 33.1. The second-order valence-corrected chi connectivity index (χ2v) is 22.5. The number of Topliss-reactive ketones (excluding diaryl/α,β-unsaturated/α-hetero) is 4. The fourth-order valence-corrected chi connectivity index (χ4v) is 16.8. The molecule has 8 heteroatoms. The summed E-state index contributed by atoms with van der Waals surface area (Å²) >= 11 is 3.63. The smallest absolute Gasteiger partial charge is 0.188 e. The van der Waals surface area contributed by atoms with Gasteiger partial charge in [0, 0.05) is 59.4 Å². The third-order valence-electron chi connectivity index (χ3n) is 16.5. The zero-order valence-corrected chi connectivity index (χ0v) is 34.7. The van der Waals surface area contributed by atoms with Crippen LogP contribution in [0, 0.1) is 47.3 Å². The van der Waals surface area contributed by atoms with E-state index in [0.29, 0.717) is 23.7 Å². The number of carbonyl (C=O) groups is 4. The summed E-state index contributed by atoms with van der Waals surface area (Å²) in [6.07, 6.45) is 17.5. The molecular formula is C47H52N2O4S2. The van der Waals surface area contributed by atoms with Crippen LogP contribution in [0.3, 0.4) is 0 Å². The molecule has 2 aromatic rings. The van der Waals surface area contributed by atoms with Gasteiger partial charge in [-0.2, -0.15) is 0 Å². The molecule has 0 radical (unpaired) electrons. The number of rotatable bonds is 2. The van der Waals surface area contributed by atoms with Gasteiger partial charge < -0.3 is 0 Å². The molecule has 6 saturated carbocycles. The lowest BCUT2D eigenvalue weighted by Crippen LogP contribution is -2.35. The third-order valence-corrected chi connectivity index (χ3v) is 18.9. The van der Waals surface area contributed by atoms with Gasteiger partial charge in [0.1, 0.15) is 11.4 Å². The maximum Gasteiger partial charge on any atom is 0.188 e. The van der Waals surface area contributed by atoms with E-state index in [4.69, 9.17) is 9.98 Å². The van der Waals surface area contributed by atoms with Crippen molar-refractivity contribution in [3.05, 3.63) is 43.4 Å². The van der Waals surface area contributed by atoms with Crippen LogP contribution >= 0.6 is 22.7 Å². The average molecular weight is 773 g/mol. The van der Waals surface area contributed by atoms with Crippen LogP contribution in [0.15, 0.2) is 21.4 Å². The first-order valence-electron chi connectivity index (χ1n) is 21.3. The van der Waals surface area contributed by atoms with Gasteiger partial charge in [-0.15, -0.1) is 22.7 Å². The predicted octanol–water partition coefficient (Wildman–Crippen LogP) is 10.2. The van der Waals surface area contributed by atoms with Crippen LogP contribution in [0.25, 0.3) is 21.9 Å². The number of carbonyl (C=O) groups excluding carboxylic acids is 4. The Morgan fingerprint density at radius 3 is 1.09 bits per heavy atom. The van der Waals surface area contributed by atoms with Crippen molar-refractivity contribution in [3.8, 4) is 9.75 Å². The van der Waals surface area contributed by atoms with Gasteiger partial charge in [-0.05, 0) is 83.8 Å². The van der Waals surface area contributed by atoms with E-state index in [9.17, 15) is 19.2 Å². The van der Waals surface area contributed by atoms with Gasteiger partial charge in [0.25, 0.3) is 0 Å². The number of nitrogens with zero attached hydrogens (tertiary/aromatic N) is 2. The number of fused-ring (bicyclic) bond motifs is 11. The van der Waals surface area contributed by atoms with Gasteiger partial charge >= 0.3 is 0 Å². The number of hydrogen-bond acceptors (Lipinski definition) is 8. The van der Waals surface area contributed by atoms with Gasteiger partial charge in [-0.1, -0.05) is 92.9 Å². The first-order chi connectivity index (χ1) is 26.2. The summed E-state index contributed by atoms with van der Waals surface area (Å²) in [5, 5.41) is 0. The molecule has 6 fully saturated rings. The zero-order chi connectivity index (χ0) is 38.1. The van der Waals surface area contributed by atoms with Crippen LogP contribution in [0.5, 0.6) is 0 Å². The standard InChI is InChI=1S/C47H52N2O4S2/c1-45(2)31(48-37-39(50)25-15-21-11-7-8-12-22(21)16-26(25)40(37)51)19-29-33(45)35-43(54-29)44-36(47(35,5)6)34-30(55-44)20-32(46(34,3)4)49-38-41(52)27-17-23-13-9-10-14-24(23)18-28(27)42(38)53/h19-28H,7-18H2,1-6H3. The predicted molar refractivity (Wildman–Crippen MR) is 220 cm³/mol. The summed E-state index contributed by atoms with van der Waals surface area (Å²) in [6, 6.07) is 0. The van der Waals surface area contributed by atoms with Crippen LogP contribution < -0.4 is 0 Å². The highest BCUT2D eigenvalue weighted by Crippen LogP contribution is 2.66. The van der Waals surface area contributed by atoms with Crippen molar-refractivity contribution in [1.82, 2.24) is 0 Å². The Morgan fingerprint density at radius 2 is 0.782 bits per heavy atom. The lowest BCUT2D eigenvalue weighted by atomic mass is 9.64. The molecule has 8 atom stereocenters. The van der Waals surface area contributed by atoms with Gasteiger partial charge in [0.05, 0.1) is 11.4 Å². The van der Waals surface area contributed by atoms with Crippen LogP contribution in [0.1, 0.15) is 151 Å². The van der Waals surface area contributed by atoms with Crippen LogP contribution in [-0.2, 0) is 35.4 Å². The number of hydrogen-bond donors (Lipinski definition) is 0. The van der Waals surface area contributed by atoms with Gasteiger partial charge in [0.15, 0.2) is 23.1 Å². The van der Waals surface area contributed by atoms with Crippen LogP contribution in [0.4, 0.5) is 0 Å². The molecule has 0 saturated heterocycles. The quantitative estimate of drug-likeness (QED) is 0.304. The molecule has 9 aliphatic carbocycles. The molecule has 11 rings (SSSR count). The largest absolute Gasteiger partial charge is 0.292 e. The molecular weight excluding hydrogens is 721 g/mol. The fraction of sp³-hybridized carbons (Fsp3) is 0.617. The van der Waals surface area contributed by atoms with Crippen molar-refractivity contribution in [1.29, 1.82) is 0 Å². The number of aliphatic imine (C=N–C) groups is 2. The van der Waals surface area contributed by atoms with Crippen LogP contribution in [0.2, 0.25) is 0 Å². The molecule has 9 aliphatic rings.